The molecule has 1 atom stereocenters. The van der Waals surface area contributed by atoms with Crippen LogP contribution in [-0.4, -0.2) is 34.1 Å². The molecule has 0 radical (unpaired) electrons. The maximum atomic E-state index is 13.1. The Kier molecular flexibility index (Phi) is 6.31. The summed E-state index contributed by atoms with van der Waals surface area (Å²) < 4.78 is 52.4. The average Bonchev–Trinajstić information content (AvgIpc) is 2.56. The van der Waals surface area contributed by atoms with E-state index in [1.54, 1.807) is 37.4 Å². The van der Waals surface area contributed by atoms with Gasteiger partial charge in [-0.3, -0.25) is 4.98 Å². The molecule has 1 aromatic heterocycles. The Labute approximate surface area is 149 Å². The molecule has 25 heavy (non-hydrogen) atoms. The van der Waals surface area contributed by atoms with Crippen LogP contribution in [0.15, 0.2) is 53.7 Å². The van der Waals surface area contributed by atoms with Crippen molar-refractivity contribution in [1.29, 1.82) is 0 Å². The zero-order chi connectivity index (χ0) is 18.5. The van der Waals surface area contributed by atoms with Crippen LogP contribution in [0.25, 0.3) is 0 Å². The highest BCUT2D eigenvalue weighted by Gasteiger charge is 2.30. The summed E-state index contributed by atoms with van der Waals surface area (Å²) >= 11 is 0. The summed E-state index contributed by atoms with van der Waals surface area (Å²) in [6, 6.07) is 9.77. The summed E-state index contributed by atoms with van der Waals surface area (Å²) in [6.07, 6.45) is 3.45. The number of hydrogen-bond donors (Lipinski definition) is 1. The first-order chi connectivity index (χ1) is 11.8. The van der Waals surface area contributed by atoms with Gasteiger partial charge < -0.3 is 0 Å². The second-order valence-electron chi connectivity index (χ2n) is 5.80. The molecule has 1 heterocycles. The van der Waals surface area contributed by atoms with Crippen molar-refractivity contribution in [3.05, 3.63) is 59.9 Å². The zero-order valence-corrected chi connectivity index (χ0v) is 15.8. The fourth-order valence-electron chi connectivity index (χ4n) is 2.41. The average molecular weight is 383 g/mol. The number of nitrogens with one attached hydrogen (secondary N) is 1. The molecule has 1 aromatic carbocycles. The first-order valence-corrected chi connectivity index (χ1v) is 11.1. The van der Waals surface area contributed by atoms with E-state index < -0.39 is 25.1 Å². The molecular formula is C17H22N2O4S2. The maximum Gasteiger partial charge on any atom is 0.211 e. The maximum absolute atomic E-state index is 13.1. The van der Waals surface area contributed by atoms with Crippen molar-refractivity contribution in [2.45, 2.75) is 30.4 Å². The number of benzene rings is 1. The Morgan fingerprint density at radius 2 is 1.76 bits per heavy atom. The number of aromatic nitrogens is 1. The molecule has 0 aliphatic carbocycles. The van der Waals surface area contributed by atoms with E-state index in [9.17, 15) is 16.8 Å². The predicted molar refractivity (Wildman–Crippen MR) is 97.4 cm³/mol. The highest BCUT2D eigenvalue weighted by Crippen LogP contribution is 2.28. The number of nitrogens with zero attached hydrogens (tertiary/aromatic N) is 1. The molecule has 2 rings (SSSR count). The molecule has 136 valence electrons. The van der Waals surface area contributed by atoms with E-state index >= 15 is 0 Å². The van der Waals surface area contributed by atoms with Crippen LogP contribution in [0, 0.1) is 6.92 Å². The number of hydrogen-bond acceptors (Lipinski definition) is 5. The second kappa shape index (κ2) is 8.07. The Bertz CT molecular complexity index is 893. The predicted octanol–water partition coefficient (Wildman–Crippen LogP) is 2.23. The van der Waals surface area contributed by atoms with Gasteiger partial charge in [0.25, 0.3) is 0 Å². The first kappa shape index (κ1) is 19.6. The van der Waals surface area contributed by atoms with Crippen molar-refractivity contribution in [2.75, 3.05) is 12.3 Å². The third kappa shape index (κ3) is 5.10. The van der Waals surface area contributed by atoms with Crippen molar-refractivity contribution < 1.29 is 16.8 Å². The molecule has 0 fully saturated rings. The van der Waals surface area contributed by atoms with Crippen LogP contribution in [0.5, 0.6) is 0 Å². The minimum absolute atomic E-state index is 0.0443. The SMILES string of the molecule is CCCS(=O)(=O)NC[C@H](c1cccnc1)S(=O)(=O)c1ccc(C)cc1. The van der Waals surface area contributed by atoms with Crippen molar-refractivity contribution in [3.8, 4) is 0 Å². The zero-order valence-electron chi connectivity index (χ0n) is 14.2. The van der Waals surface area contributed by atoms with E-state index in [-0.39, 0.29) is 17.2 Å². The number of sulfone groups is 1. The number of aryl methyl sites for hydroxylation is 1. The van der Waals surface area contributed by atoms with Gasteiger partial charge in [-0.2, -0.15) is 0 Å². The third-order valence-corrected chi connectivity index (χ3v) is 7.41. The summed E-state index contributed by atoms with van der Waals surface area (Å²) in [4.78, 5) is 4.12. The van der Waals surface area contributed by atoms with E-state index in [4.69, 9.17) is 0 Å². The van der Waals surface area contributed by atoms with E-state index in [0.717, 1.165) is 5.56 Å². The summed E-state index contributed by atoms with van der Waals surface area (Å²) in [6.45, 7) is 3.39. The quantitative estimate of drug-likeness (QED) is 0.756. The largest absolute Gasteiger partial charge is 0.264 e. The summed E-state index contributed by atoms with van der Waals surface area (Å²) in [5.74, 6) is -0.0443. The van der Waals surface area contributed by atoms with E-state index in [0.29, 0.717) is 12.0 Å². The Morgan fingerprint density at radius 3 is 2.32 bits per heavy atom. The standard InChI is InChI=1S/C17H22N2O4S2/c1-3-11-24(20,21)19-13-17(15-5-4-10-18-12-15)25(22,23)16-8-6-14(2)7-9-16/h4-10,12,17,19H,3,11,13H2,1-2H3/t17-/m1/s1. The lowest BCUT2D eigenvalue weighted by molar-refractivity contribution is 0.568. The van der Waals surface area contributed by atoms with Crippen LogP contribution >= 0.6 is 0 Å². The molecule has 1 N–H and O–H groups in total. The minimum atomic E-state index is -3.78. The van der Waals surface area contributed by atoms with Gasteiger partial charge in [-0.15, -0.1) is 0 Å². The van der Waals surface area contributed by atoms with Crippen molar-refractivity contribution in [1.82, 2.24) is 9.71 Å². The molecule has 8 heteroatoms. The summed E-state index contributed by atoms with van der Waals surface area (Å²) in [7, 11) is -7.29. The molecule has 0 spiro atoms. The van der Waals surface area contributed by atoms with Gasteiger partial charge >= 0.3 is 0 Å². The fraction of sp³-hybridized carbons (Fsp3) is 0.353. The van der Waals surface area contributed by atoms with Gasteiger partial charge in [0.15, 0.2) is 9.84 Å². The van der Waals surface area contributed by atoms with Crippen LogP contribution in [0.2, 0.25) is 0 Å². The molecular weight excluding hydrogens is 360 g/mol. The van der Waals surface area contributed by atoms with Crippen LogP contribution < -0.4 is 4.72 Å². The van der Waals surface area contributed by atoms with Gasteiger partial charge in [0, 0.05) is 18.9 Å². The van der Waals surface area contributed by atoms with Gasteiger partial charge in [0.1, 0.15) is 5.25 Å². The number of rotatable bonds is 8. The van der Waals surface area contributed by atoms with Gasteiger partial charge in [-0.05, 0) is 37.1 Å². The number of pyridine rings is 1. The molecule has 0 aliphatic heterocycles. The topological polar surface area (TPSA) is 93.2 Å². The van der Waals surface area contributed by atoms with Gasteiger partial charge in [-0.1, -0.05) is 30.7 Å². The molecule has 0 unspecified atom stereocenters. The Hall–Kier alpha value is -1.77. The lowest BCUT2D eigenvalue weighted by atomic mass is 10.2. The number of sulfonamides is 1. The lowest BCUT2D eigenvalue weighted by Gasteiger charge is -2.19. The van der Waals surface area contributed by atoms with Gasteiger partial charge in [0.2, 0.25) is 10.0 Å². The van der Waals surface area contributed by atoms with Gasteiger partial charge in [-0.25, -0.2) is 21.6 Å². The lowest BCUT2D eigenvalue weighted by Crippen LogP contribution is -2.33. The third-order valence-electron chi connectivity index (χ3n) is 3.74. The van der Waals surface area contributed by atoms with E-state index in [1.165, 1.54) is 18.3 Å². The van der Waals surface area contributed by atoms with E-state index in [2.05, 4.69) is 9.71 Å². The minimum Gasteiger partial charge on any atom is -0.264 e. The Balaban J connectivity index is 2.39. The van der Waals surface area contributed by atoms with Crippen LogP contribution in [0.4, 0.5) is 0 Å². The summed E-state index contributed by atoms with van der Waals surface area (Å²) in [5, 5.41) is -1.05. The second-order valence-corrected chi connectivity index (χ2v) is 9.86. The van der Waals surface area contributed by atoms with Crippen LogP contribution in [0.1, 0.15) is 29.7 Å². The fourth-order valence-corrected chi connectivity index (χ4v) is 5.26. The smallest absolute Gasteiger partial charge is 0.211 e. The molecule has 6 nitrogen and oxygen atoms in total. The van der Waals surface area contributed by atoms with Gasteiger partial charge in [0.05, 0.1) is 10.6 Å². The molecule has 0 aliphatic rings. The van der Waals surface area contributed by atoms with Crippen LogP contribution in [0.3, 0.4) is 0 Å². The monoisotopic (exact) mass is 382 g/mol. The van der Waals surface area contributed by atoms with Crippen molar-refractivity contribution in [2.24, 2.45) is 0 Å². The molecule has 0 bridgehead atoms. The highest BCUT2D eigenvalue weighted by molar-refractivity contribution is 7.92. The molecule has 0 amide bonds. The Morgan fingerprint density at radius 1 is 1.08 bits per heavy atom. The normalized spacial score (nSPS) is 13.5. The van der Waals surface area contributed by atoms with Crippen LogP contribution in [-0.2, 0) is 19.9 Å². The molecule has 2 aromatic rings. The summed E-state index contributed by atoms with van der Waals surface area (Å²) in [5.41, 5.74) is 1.39. The van der Waals surface area contributed by atoms with Crippen molar-refractivity contribution in [3.63, 3.8) is 0 Å². The molecule has 0 saturated heterocycles. The highest BCUT2D eigenvalue weighted by atomic mass is 32.2. The molecule has 0 saturated carbocycles. The van der Waals surface area contributed by atoms with Crippen molar-refractivity contribution >= 4 is 19.9 Å². The van der Waals surface area contributed by atoms with E-state index in [1.807, 2.05) is 6.92 Å². The first-order valence-electron chi connectivity index (χ1n) is 7.94.